The van der Waals surface area contributed by atoms with Gasteiger partial charge < -0.3 is 20.6 Å². The van der Waals surface area contributed by atoms with Crippen molar-refractivity contribution in [1.82, 2.24) is 5.32 Å². The van der Waals surface area contributed by atoms with Crippen LogP contribution in [0.15, 0.2) is 0 Å². The number of hydrogen-bond donors (Lipinski definition) is 4. The number of β-amino-alcohol motifs (C(OH)–C–C–N with tert-alkyl or cyclic N) is 1. The maximum atomic E-state index is 10.1. The number of aliphatic hydroxyl groups is 3. The highest BCUT2D eigenvalue weighted by atomic mass is 16.3. The van der Waals surface area contributed by atoms with Gasteiger partial charge in [0.25, 0.3) is 0 Å². The predicted molar refractivity (Wildman–Crippen MR) is 67.7 cm³/mol. The van der Waals surface area contributed by atoms with E-state index in [9.17, 15) is 10.2 Å². The molecule has 4 unspecified atom stereocenters. The summed E-state index contributed by atoms with van der Waals surface area (Å²) in [5.41, 5.74) is 0.00550. The molecule has 1 fully saturated rings. The highest BCUT2D eigenvalue weighted by Crippen LogP contribution is 2.31. The summed E-state index contributed by atoms with van der Waals surface area (Å²) in [6.45, 7) is 6.79. The Labute approximate surface area is 104 Å². The molecule has 4 N–H and O–H groups in total. The Morgan fingerprint density at radius 1 is 1.29 bits per heavy atom. The first-order valence-electron chi connectivity index (χ1n) is 6.55. The quantitative estimate of drug-likeness (QED) is 0.582. The Balaban J connectivity index is 2.39. The molecule has 0 aromatic rings. The molecule has 0 spiro atoms. The second kappa shape index (κ2) is 6.14. The first-order valence-corrected chi connectivity index (χ1v) is 6.55. The van der Waals surface area contributed by atoms with Crippen molar-refractivity contribution in [3.8, 4) is 0 Å². The fourth-order valence-corrected chi connectivity index (χ4v) is 2.41. The molecular formula is C13H27NO3. The van der Waals surface area contributed by atoms with Gasteiger partial charge >= 0.3 is 0 Å². The monoisotopic (exact) mass is 245 g/mol. The summed E-state index contributed by atoms with van der Waals surface area (Å²) in [4.78, 5) is 0. The summed E-state index contributed by atoms with van der Waals surface area (Å²) in [7, 11) is 0. The topological polar surface area (TPSA) is 72.7 Å². The zero-order valence-electron chi connectivity index (χ0n) is 11.2. The van der Waals surface area contributed by atoms with Crippen LogP contribution in [0, 0.1) is 11.8 Å². The third-order valence-corrected chi connectivity index (χ3v) is 3.60. The zero-order chi connectivity index (χ0) is 13.1. The van der Waals surface area contributed by atoms with Crippen molar-refractivity contribution in [1.29, 1.82) is 0 Å². The molecule has 1 rings (SSSR count). The standard InChI is InChI=1S/C13H27NO3/c1-13(2,3)14-7-12(17)9-4-5-11(16)10(6-9)8-15/h9-12,14-17H,4-8H2,1-3H3. The van der Waals surface area contributed by atoms with Crippen molar-refractivity contribution >= 4 is 0 Å². The van der Waals surface area contributed by atoms with E-state index in [1.165, 1.54) is 0 Å². The number of rotatable bonds is 4. The maximum Gasteiger partial charge on any atom is 0.0693 e. The molecule has 4 heteroatoms. The minimum atomic E-state index is -0.404. The Morgan fingerprint density at radius 2 is 1.94 bits per heavy atom. The molecule has 1 aliphatic carbocycles. The van der Waals surface area contributed by atoms with Crippen LogP contribution in [0.2, 0.25) is 0 Å². The molecule has 4 atom stereocenters. The van der Waals surface area contributed by atoms with Crippen molar-refractivity contribution in [3.05, 3.63) is 0 Å². The van der Waals surface area contributed by atoms with E-state index in [1.54, 1.807) is 0 Å². The molecule has 102 valence electrons. The summed E-state index contributed by atoms with van der Waals surface area (Å²) < 4.78 is 0. The van der Waals surface area contributed by atoms with E-state index >= 15 is 0 Å². The van der Waals surface area contributed by atoms with Crippen LogP contribution in [0.25, 0.3) is 0 Å². The summed E-state index contributed by atoms with van der Waals surface area (Å²) >= 11 is 0. The normalized spacial score (nSPS) is 32.5. The van der Waals surface area contributed by atoms with Gasteiger partial charge in [-0.05, 0) is 46.0 Å². The van der Waals surface area contributed by atoms with Gasteiger partial charge in [0.15, 0.2) is 0 Å². The second-order valence-corrected chi connectivity index (χ2v) is 6.28. The van der Waals surface area contributed by atoms with Gasteiger partial charge in [-0.2, -0.15) is 0 Å². The van der Waals surface area contributed by atoms with Gasteiger partial charge in [-0.15, -0.1) is 0 Å². The smallest absolute Gasteiger partial charge is 0.0693 e. The zero-order valence-corrected chi connectivity index (χ0v) is 11.2. The third kappa shape index (κ3) is 4.92. The minimum absolute atomic E-state index is 0.00550. The molecule has 0 aromatic heterocycles. The third-order valence-electron chi connectivity index (χ3n) is 3.60. The van der Waals surface area contributed by atoms with Gasteiger partial charge in [0.1, 0.15) is 0 Å². The van der Waals surface area contributed by atoms with E-state index in [-0.39, 0.29) is 24.0 Å². The maximum absolute atomic E-state index is 10.1. The van der Waals surface area contributed by atoms with Crippen LogP contribution in [-0.4, -0.2) is 46.2 Å². The molecule has 1 aliphatic rings. The van der Waals surface area contributed by atoms with Crippen LogP contribution in [0.4, 0.5) is 0 Å². The molecule has 0 saturated heterocycles. The Hall–Kier alpha value is -0.160. The lowest BCUT2D eigenvalue weighted by Gasteiger charge is -2.35. The van der Waals surface area contributed by atoms with Gasteiger partial charge in [-0.25, -0.2) is 0 Å². The lowest BCUT2D eigenvalue weighted by atomic mass is 9.77. The first kappa shape index (κ1) is 14.9. The van der Waals surface area contributed by atoms with Crippen molar-refractivity contribution < 1.29 is 15.3 Å². The number of nitrogens with one attached hydrogen (secondary N) is 1. The average molecular weight is 245 g/mol. The fraction of sp³-hybridized carbons (Fsp3) is 1.00. The molecule has 0 bridgehead atoms. The van der Waals surface area contributed by atoms with Crippen LogP contribution in [0.3, 0.4) is 0 Å². The Morgan fingerprint density at radius 3 is 2.47 bits per heavy atom. The highest BCUT2D eigenvalue weighted by Gasteiger charge is 2.32. The minimum Gasteiger partial charge on any atom is -0.396 e. The van der Waals surface area contributed by atoms with Crippen LogP contribution >= 0.6 is 0 Å². The largest absolute Gasteiger partial charge is 0.396 e. The predicted octanol–water partition coefficient (Wildman–Crippen LogP) is 0.505. The molecule has 0 amide bonds. The molecule has 0 heterocycles. The van der Waals surface area contributed by atoms with E-state index in [0.717, 1.165) is 6.42 Å². The van der Waals surface area contributed by atoms with Crippen LogP contribution in [0.1, 0.15) is 40.0 Å². The number of hydrogen-bond acceptors (Lipinski definition) is 4. The van der Waals surface area contributed by atoms with E-state index < -0.39 is 12.2 Å². The van der Waals surface area contributed by atoms with E-state index in [2.05, 4.69) is 26.1 Å². The summed E-state index contributed by atoms with van der Waals surface area (Å²) in [5, 5.41) is 32.2. The SMILES string of the molecule is CC(C)(C)NCC(O)C1CCC(O)C(CO)C1. The summed E-state index contributed by atoms with van der Waals surface area (Å²) in [6.07, 6.45) is 1.44. The van der Waals surface area contributed by atoms with E-state index in [0.29, 0.717) is 19.4 Å². The van der Waals surface area contributed by atoms with Gasteiger partial charge in [0, 0.05) is 24.6 Å². The van der Waals surface area contributed by atoms with Crippen molar-refractivity contribution in [2.75, 3.05) is 13.2 Å². The summed E-state index contributed by atoms with van der Waals surface area (Å²) in [5.74, 6) is 0.114. The lowest BCUT2D eigenvalue weighted by molar-refractivity contribution is -0.0170. The highest BCUT2D eigenvalue weighted by molar-refractivity contribution is 4.85. The van der Waals surface area contributed by atoms with E-state index in [1.807, 2.05) is 0 Å². The van der Waals surface area contributed by atoms with Crippen molar-refractivity contribution in [2.24, 2.45) is 11.8 Å². The van der Waals surface area contributed by atoms with Crippen molar-refractivity contribution in [3.63, 3.8) is 0 Å². The van der Waals surface area contributed by atoms with Gasteiger partial charge in [0.2, 0.25) is 0 Å². The Bertz CT molecular complexity index is 227. The molecule has 17 heavy (non-hydrogen) atoms. The second-order valence-electron chi connectivity index (χ2n) is 6.28. The average Bonchev–Trinajstić information content (AvgIpc) is 2.25. The molecule has 0 radical (unpaired) electrons. The Kier molecular flexibility index (Phi) is 5.38. The van der Waals surface area contributed by atoms with Crippen LogP contribution < -0.4 is 5.32 Å². The van der Waals surface area contributed by atoms with Crippen LogP contribution in [0.5, 0.6) is 0 Å². The van der Waals surface area contributed by atoms with Gasteiger partial charge in [-0.1, -0.05) is 0 Å². The molecular weight excluding hydrogens is 218 g/mol. The van der Waals surface area contributed by atoms with Crippen LogP contribution in [-0.2, 0) is 0 Å². The van der Waals surface area contributed by atoms with E-state index in [4.69, 9.17) is 5.11 Å². The van der Waals surface area contributed by atoms with Gasteiger partial charge in [-0.3, -0.25) is 0 Å². The molecule has 0 aliphatic heterocycles. The fourth-order valence-electron chi connectivity index (χ4n) is 2.41. The molecule has 4 nitrogen and oxygen atoms in total. The lowest BCUT2D eigenvalue weighted by Crippen LogP contribution is -2.45. The number of aliphatic hydroxyl groups excluding tert-OH is 3. The molecule has 0 aromatic carbocycles. The first-order chi connectivity index (χ1) is 7.83. The summed E-state index contributed by atoms with van der Waals surface area (Å²) in [6, 6.07) is 0. The van der Waals surface area contributed by atoms with Crippen molar-refractivity contribution in [2.45, 2.75) is 57.8 Å². The van der Waals surface area contributed by atoms with Gasteiger partial charge in [0.05, 0.1) is 12.2 Å². The molecule has 1 saturated carbocycles.